The number of aromatic nitrogens is 1. The minimum atomic E-state index is -3.69. The summed E-state index contributed by atoms with van der Waals surface area (Å²) in [5.74, 6) is -1.04. The van der Waals surface area contributed by atoms with E-state index in [4.69, 9.17) is 5.11 Å². The summed E-state index contributed by atoms with van der Waals surface area (Å²) in [6.45, 7) is 0. The Morgan fingerprint density at radius 1 is 1.08 bits per heavy atom. The Kier molecular flexibility index (Phi) is 4.29. The number of aliphatic carboxylic acids is 1. The summed E-state index contributed by atoms with van der Waals surface area (Å²) in [6.07, 6.45) is 3.99. The molecule has 0 aliphatic heterocycles. The maximum atomic E-state index is 12.8. The maximum absolute atomic E-state index is 12.8. The number of carboxylic acid groups (broad SMARTS) is 1. The highest BCUT2D eigenvalue weighted by atomic mass is 79.9. The van der Waals surface area contributed by atoms with Crippen molar-refractivity contribution in [2.75, 3.05) is 0 Å². The van der Waals surface area contributed by atoms with Crippen molar-refractivity contribution in [1.82, 2.24) is 3.97 Å². The topological polar surface area (TPSA) is 76.4 Å². The number of hydrogen-bond donors (Lipinski definition) is 1. The molecule has 0 bridgehead atoms. The summed E-state index contributed by atoms with van der Waals surface area (Å²) in [6, 6.07) is 13.2. The molecule has 3 rings (SSSR count). The summed E-state index contributed by atoms with van der Waals surface area (Å²) in [5, 5.41) is 9.38. The Labute approximate surface area is 147 Å². The highest BCUT2D eigenvalue weighted by Gasteiger charge is 2.18. The quantitative estimate of drug-likeness (QED) is 0.670. The molecule has 0 amide bonds. The summed E-state index contributed by atoms with van der Waals surface area (Å²) < 4.78 is 27.6. The van der Waals surface area contributed by atoms with E-state index in [2.05, 4.69) is 15.9 Å². The van der Waals surface area contributed by atoms with Crippen molar-refractivity contribution in [3.8, 4) is 0 Å². The summed E-state index contributed by atoms with van der Waals surface area (Å²) in [5.41, 5.74) is 1.22. The van der Waals surface area contributed by atoms with E-state index in [9.17, 15) is 13.2 Å². The van der Waals surface area contributed by atoms with Gasteiger partial charge in [-0.2, -0.15) is 0 Å². The number of benzene rings is 2. The molecule has 0 saturated heterocycles. The molecule has 3 aromatic rings. The second-order valence-electron chi connectivity index (χ2n) is 5.06. The first-order valence-electron chi connectivity index (χ1n) is 6.91. The van der Waals surface area contributed by atoms with Gasteiger partial charge in [-0.1, -0.05) is 22.0 Å². The van der Waals surface area contributed by atoms with Crippen molar-refractivity contribution >= 4 is 48.9 Å². The number of hydrogen-bond acceptors (Lipinski definition) is 3. The van der Waals surface area contributed by atoms with Crippen LogP contribution in [0, 0.1) is 0 Å². The van der Waals surface area contributed by atoms with Gasteiger partial charge in [-0.15, -0.1) is 0 Å². The van der Waals surface area contributed by atoms with E-state index < -0.39 is 16.0 Å². The number of nitrogens with zero attached hydrogens (tertiary/aromatic N) is 1. The molecule has 0 aliphatic rings. The molecule has 5 nitrogen and oxygen atoms in total. The first kappa shape index (κ1) is 16.5. The molecule has 0 atom stereocenters. The highest BCUT2D eigenvalue weighted by molar-refractivity contribution is 9.10. The van der Waals surface area contributed by atoms with Crippen LogP contribution in [0.15, 0.2) is 70.2 Å². The van der Waals surface area contributed by atoms with E-state index in [1.54, 1.807) is 36.4 Å². The molecule has 1 aromatic heterocycles. The van der Waals surface area contributed by atoms with E-state index in [-0.39, 0.29) is 4.90 Å². The lowest BCUT2D eigenvalue weighted by molar-refractivity contribution is -0.131. The van der Waals surface area contributed by atoms with E-state index >= 15 is 0 Å². The van der Waals surface area contributed by atoms with Gasteiger partial charge in [-0.3, -0.25) is 0 Å². The summed E-state index contributed by atoms with van der Waals surface area (Å²) in [7, 11) is -3.69. The minimum Gasteiger partial charge on any atom is -0.478 e. The third-order valence-corrected chi connectivity index (χ3v) is 5.70. The summed E-state index contributed by atoms with van der Waals surface area (Å²) in [4.78, 5) is 10.8. The zero-order valence-electron chi connectivity index (χ0n) is 12.3. The fraction of sp³-hybridized carbons (Fsp3) is 0. The first-order chi connectivity index (χ1) is 11.4. The van der Waals surface area contributed by atoms with Crippen LogP contribution in [-0.4, -0.2) is 23.5 Å². The maximum Gasteiger partial charge on any atom is 0.328 e. The van der Waals surface area contributed by atoms with Gasteiger partial charge in [0.25, 0.3) is 10.0 Å². The Hall–Kier alpha value is -2.38. The van der Waals surface area contributed by atoms with Gasteiger partial charge < -0.3 is 5.11 Å². The van der Waals surface area contributed by atoms with Crippen LogP contribution in [0.3, 0.4) is 0 Å². The van der Waals surface area contributed by atoms with E-state index in [0.717, 1.165) is 10.5 Å². The van der Waals surface area contributed by atoms with Gasteiger partial charge >= 0.3 is 5.97 Å². The fourth-order valence-electron chi connectivity index (χ4n) is 2.34. The van der Waals surface area contributed by atoms with Crippen molar-refractivity contribution in [2.45, 2.75) is 4.90 Å². The molecule has 7 heteroatoms. The van der Waals surface area contributed by atoms with Crippen LogP contribution in [0.5, 0.6) is 0 Å². The second kappa shape index (κ2) is 6.26. The van der Waals surface area contributed by atoms with Gasteiger partial charge in [-0.25, -0.2) is 17.2 Å². The number of fused-ring (bicyclic) bond motifs is 1. The smallest absolute Gasteiger partial charge is 0.328 e. The molecule has 1 heterocycles. The average molecular weight is 406 g/mol. The van der Waals surface area contributed by atoms with Gasteiger partial charge in [0, 0.05) is 22.1 Å². The number of rotatable bonds is 4. The molecule has 2 aromatic carbocycles. The molecule has 0 aliphatic carbocycles. The van der Waals surface area contributed by atoms with Crippen molar-refractivity contribution in [2.24, 2.45) is 0 Å². The molecule has 122 valence electrons. The second-order valence-corrected chi connectivity index (χ2v) is 7.79. The number of halogens is 1. The predicted molar refractivity (Wildman–Crippen MR) is 95.3 cm³/mol. The molecular formula is C17H12BrNO4S. The van der Waals surface area contributed by atoms with E-state index in [1.807, 2.05) is 0 Å². The normalized spacial score (nSPS) is 12.0. The third-order valence-electron chi connectivity index (χ3n) is 3.47. The van der Waals surface area contributed by atoms with Crippen LogP contribution >= 0.6 is 15.9 Å². The van der Waals surface area contributed by atoms with Crippen molar-refractivity contribution in [3.63, 3.8) is 0 Å². The Bertz CT molecular complexity index is 1050. The predicted octanol–water partition coefficient (Wildman–Crippen LogP) is 3.74. The molecular weight excluding hydrogens is 394 g/mol. The Morgan fingerprint density at radius 2 is 1.79 bits per heavy atom. The standard InChI is InChI=1S/C17H12BrNO4S/c18-14-3-5-15(6-4-14)24(22,23)19-10-9-13-11-12(1-7-16(13)19)2-8-17(20)21/h1-11H,(H,20,21). The van der Waals surface area contributed by atoms with Crippen LogP contribution in [0.4, 0.5) is 0 Å². The van der Waals surface area contributed by atoms with Gasteiger partial charge in [-0.05, 0) is 54.1 Å². The zero-order valence-corrected chi connectivity index (χ0v) is 14.7. The molecule has 24 heavy (non-hydrogen) atoms. The molecule has 0 spiro atoms. The van der Waals surface area contributed by atoms with Crippen LogP contribution in [0.2, 0.25) is 0 Å². The third kappa shape index (κ3) is 3.13. The average Bonchev–Trinajstić information content (AvgIpc) is 2.97. The molecule has 1 N–H and O–H groups in total. The van der Waals surface area contributed by atoms with E-state index in [1.165, 1.54) is 28.4 Å². The number of carbonyl (C=O) groups is 1. The Morgan fingerprint density at radius 3 is 2.46 bits per heavy atom. The molecule has 0 unspecified atom stereocenters. The minimum absolute atomic E-state index is 0.193. The van der Waals surface area contributed by atoms with Crippen molar-refractivity contribution in [1.29, 1.82) is 0 Å². The largest absolute Gasteiger partial charge is 0.478 e. The summed E-state index contributed by atoms with van der Waals surface area (Å²) >= 11 is 3.28. The molecule has 0 fully saturated rings. The van der Waals surface area contributed by atoms with Gasteiger partial charge in [0.05, 0.1) is 10.4 Å². The van der Waals surface area contributed by atoms with Crippen LogP contribution in [-0.2, 0) is 14.8 Å². The first-order valence-corrected chi connectivity index (χ1v) is 9.14. The lowest BCUT2D eigenvalue weighted by atomic mass is 10.1. The van der Waals surface area contributed by atoms with Crippen molar-refractivity contribution < 1.29 is 18.3 Å². The highest BCUT2D eigenvalue weighted by Crippen LogP contribution is 2.24. The van der Waals surface area contributed by atoms with Gasteiger partial charge in [0.2, 0.25) is 0 Å². The molecule has 0 radical (unpaired) electrons. The number of carboxylic acids is 1. The Balaban J connectivity index is 2.07. The monoisotopic (exact) mass is 405 g/mol. The SMILES string of the molecule is O=C(O)C=Cc1ccc2c(ccn2S(=O)(=O)c2ccc(Br)cc2)c1. The van der Waals surface area contributed by atoms with Crippen molar-refractivity contribution in [3.05, 3.63) is 70.8 Å². The van der Waals surface area contributed by atoms with Gasteiger partial charge in [0.15, 0.2) is 0 Å². The fourth-order valence-corrected chi connectivity index (χ4v) is 3.95. The van der Waals surface area contributed by atoms with Gasteiger partial charge in [0.1, 0.15) is 0 Å². The lowest BCUT2D eigenvalue weighted by Crippen LogP contribution is -2.11. The van der Waals surface area contributed by atoms with E-state index in [0.29, 0.717) is 16.5 Å². The molecule has 0 saturated carbocycles. The van der Waals surface area contributed by atoms with Crippen LogP contribution in [0.25, 0.3) is 17.0 Å². The van der Waals surface area contributed by atoms with Crippen LogP contribution in [0.1, 0.15) is 5.56 Å². The zero-order chi connectivity index (χ0) is 17.3. The lowest BCUT2D eigenvalue weighted by Gasteiger charge is -2.08. The van der Waals surface area contributed by atoms with Crippen LogP contribution < -0.4 is 0 Å².